The predicted octanol–water partition coefficient (Wildman–Crippen LogP) is 3.75. The molecule has 0 saturated carbocycles. The molecule has 1 aliphatic rings. The van der Waals surface area contributed by atoms with E-state index in [1.54, 1.807) is 18.2 Å². The van der Waals surface area contributed by atoms with Crippen molar-refractivity contribution in [3.8, 4) is 0 Å². The SMILES string of the molecule is CCCC1(C(=O)c2ccc(Cl)cc2Cl)CO1. The number of hydrogen-bond donors (Lipinski definition) is 0. The molecule has 1 heterocycles. The van der Waals surface area contributed by atoms with Crippen LogP contribution in [0.15, 0.2) is 18.2 Å². The van der Waals surface area contributed by atoms with E-state index in [0.717, 1.165) is 12.8 Å². The van der Waals surface area contributed by atoms with Crippen molar-refractivity contribution in [1.29, 1.82) is 0 Å². The van der Waals surface area contributed by atoms with Gasteiger partial charge in [-0.25, -0.2) is 0 Å². The molecule has 0 N–H and O–H groups in total. The molecule has 0 bridgehead atoms. The van der Waals surface area contributed by atoms with E-state index in [-0.39, 0.29) is 5.78 Å². The van der Waals surface area contributed by atoms with Crippen molar-refractivity contribution in [3.63, 3.8) is 0 Å². The van der Waals surface area contributed by atoms with Gasteiger partial charge in [-0.15, -0.1) is 0 Å². The minimum absolute atomic E-state index is 0.0315. The van der Waals surface area contributed by atoms with Gasteiger partial charge in [0.1, 0.15) is 0 Å². The molecule has 2 nitrogen and oxygen atoms in total. The quantitative estimate of drug-likeness (QED) is 0.608. The maximum atomic E-state index is 12.2. The lowest BCUT2D eigenvalue weighted by atomic mass is 9.94. The fourth-order valence-corrected chi connectivity index (χ4v) is 2.29. The number of rotatable bonds is 4. The number of carbonyl (C=O) groups excluding carboxylic acids is 1. The first kappa shape index (κ1) is 11.9. The maximum Gasteiger partial charge on any atom is 0.198 e. The van der Waals surface area contributed by atoms with E-state index in [0.29, 0.717) is 22.2 Å². The Kier molecular flexibility index (Phi) is 3.24. The van der Waals surface area contributed by atoms with Gasteiger partial charge in [0.05, 0.1) is 11.6 Å². The maximum absolute atomic E-state index is 12.2. The Morgan fingerprint density at radius 2 is 2.19 bits per heavy atom. The molecule has 16 heavy (non-hydrogen) atoms. The molecule has 86 valence electrons. The molecule has 1 saturated heterocycles. The Bertz CT molecular complexity index is 425. The first-order valence-electron chi connectivity index (χ1n) is 5.23. The van der Waals surface area contributed by atoms with E-state index in [1.807, 2.05) is 6.92 Å². The summed E-state index contributed by atoms with van der Waals surface area (Å²) >= 11 is 11.8. The van der Waals surface area contributed by atoms with Gasteiger partial charge in [-0.2, -0.15) is 0 Å². The number of ketones is 1. The molecule has 1 aromatic rings. The number of ether oxygens (including phenoxy) is 1. The van der Waals surface area contributed by atoms with Crippen LogP contribution in [-0.4, -0.2) is 18.0 Å². The monoisotopic (exact) mass is 258 g/mol. The molecule has 0 spiro atoms. The molecule has 0 radical (unpaired) electrons. The number of halogens is 2. The van der Waals surface area contributed by atoms with Gasteiger partial charge >= 0.3 is 0 Å². The number of Topliss-reactive ketones (excluding diaryl/α,β-unsaturated/α-hetero) is 1. The normalized spacial score (nSPS) is 23.2. The zero-order chi connectivity index (χ0) is 11.8. The van der Waals surface area contributed by atoms with Gasteiger partial charge in [0.15, 0.2) is 11.4 Å². The number of hydrogen-bond acceptors (Lipinski definition) is 2. The molecular weight excluding hydrogens is 247 g/mol. The number of carbonyl (C=O) groups is 1. The minimum Gasteiger partial charge on any atom is -0.361 e. The smallest absolute Gasteiger partial charge is 0.198 e. The Morgan fingerprint density at radius 1 is 1.50 bits per heavy atom. The van der Waals surface area contributed by atoms with Gasteiger partial charge in [0.25, 0.3) is 0 Å². The third-order valence-corrected chi connectivity index (χ3v) is 3.28. The Morgan fingerprint density at radius 3 is 2.69 bits per heavy atom. The van der Waals surface area contributed by atoms with E-state index >= 15 is 0 Å². The van der Waals surface area contributed by atoms with Gasteiger partial charge < -0.3 is 4.74 Å². The van der Waals surface area contributed by atoms with Crippen LogP contribution in [0.1, 0.15) is 30.1 Å². The standard InChI is InChI=1S/C12H12Cl2O2/c1-2-5-12(7-16-12)11(15)9-4-3-8(13)6-10(9)14/h3-4,6H,2,5,7H2,1H3. The molecule has 1 fully saturated rings. The second-order valence-electron chi connectivity index (χ2n) is 3.99. The van der Waals surface area contributed by atoms with Crippen molar-refractivity contribution in [1.82, 2.24) is 0 Å². The lowest BCUT2D eigenvalue weighted by Gasteiger charge is -2.10. The molecule has 0 amide bonds. The van der Waals surface area contributed by atoms with Gasteiger partial charge in [-0.1, -0.05) is 36.5 Å². The molecule has 1 aromatic carbocycles. The Hall–Kier alpha value is -0.570. The van der Waals surface area contributed by atoms with Crippen LogP contribution in [0.3, 0.4) is 0 Å². The first-order valence-corrected chi connectivity index (χ1v) is 5.98. The summed E-state index contributed by atoms with van der Waals surface area (Å²) in [6.07, 6.45) is 1.65. The fraction of sp³-hybridized carbons (Fsp3) is 0.417. The molecule has 0 aliphatic carbocycles. The highest BCUT2D eigenvalue weighted by Gasteiger charge is 2.51. The van der Waals surface area contributed by atoms with Crippen LogP contribution in [-0.2, 0) is 4.74 Å². The van der Waals surface area contributed by atoms with Crippen LogP contribution in [0, 0.1) is 0 Å². The summed E-state index contributed by atoms with van der Waals surface area (Å²) in [6, 6.07) is 4.91. The highest BCUT2D eigenvalue weighted by molar-refractivity contribution is 6.37. The van der Waals surface area contributed by atoms with Crippen LogP contribution in [0.5, 0.6) is 0 Å². The molecule has 1 aliphatic heterocycles. The molecule has 0 aromatic heterocycles. The summed E-state index contributed by atoms with van der Waals surface area (Å²) in [5.74, 6) is -0.0315. The molecule has 1 unspecified atom stereocenters. The summed E-state index contributed by atoms with van der Waals surface area (Å²) in [7, 11) is 0. The van der Waals surface area contributed by atoms with Crippen LogP contribution in [0.4, 0.5) is 0 Å². The van der Waals surface area contributed by atoms with E-state index < -0.39 is 5.60 Å². The van der Waals surface area contributed by atoms with Gasteiger partial charge in [-0.05, 0) is 24.6 Å². The highest BCUT2D eigenvalue weighted by atomic mass is 35.5. The van der Waals surface area contributed by atoms with E-state index in [9.17, 15) is 4.79 Å². The molecule has 1 atom stereocenters. The second-order valence-corrected chi connectivity index (χ2v) is 4.83. The zero-order valence-electron chi connectivity index (χ0n) is 8.93. The summed E-state index contributed by atoms with van der Waals surface area (Å²) < 4.78 is 5.30. The van der Waals surface area contributed by atoms with Crippen LogP contribution >= 0.6 is 23.2 Å². The second kappa shape index (κ2) is 4.36. The van der Waals surface area contributed by atoms with E-state index in [4.69, 9.17) is 27.9 Å². The van der Waals surface area contributed by atoms with Crippen LogP contribution in [0.25, 0.3) is 0 Å². The summed E-state index contributed by atoms with van der Waals surface area (Å²) in [5.41, 5.74) is -0.122. The lowest BCUT2D eigenvalue weighted by Crippen LogP contribution is -2.24. The van der Waals surface area contributed by atoms with Crippen molar-refractivity contribution in [3.05, 3.63) is 33.8 Å². The van der Waals surface area contributed by atoms with E-state index in [2.05, 4.69) is 0 Å². The van der Waals surface area contributed by atoms with Crippen molar-refractivity contribution < 1.29 is 9.53 Å². The van der Waals surface area contributed by atoms with Crippen molar-refractivity contribution in [2.45, 2.75) is 25.4 Å². The first-order chi connectivity index (χ1) is 7.59. The summed E-state index contributed by atoms with van der Waals surface area (Å²) in [5, 5.41) is 0.922. The van der Waals surface area contributed by atoms with E-state index in [1.165, 1.54) is 0 Å². The van der Waals surface area contributed by atoms with Crippen molar-refractivity contribution >= 4 is 29.0 Å². The number of benzene rings is 1. The zero-order valence-corrected chi connectivity index (χ0v) is 10.4. The average molecular weight is 259 g/mol. The third-order valence-electron chi connectivity index (χ3n) is 2.74. The minimum atomic E-state index is -0.619. The highest BCUT2D eigenvalue weighted by Crippen LogP contribution is 2.37. The Labute approximate surface area is 104 Å². The largest absolute Gasteiger partial charge is 0.361 e. The average Bonchev–Trinajstić information content (AvgIpc) is 2.99. The number of epoxide rings is 1. The predicted molar refractivity (Wildman–Crippen MR) is 64.4 cm³/mol. The molecular formula is C12H12Cl2O2. The van der Waals surface area contributed by atoms with Gasteiger partial charge in [0.2, 0.25) is 0 Å². The van der Waals surface area contributed by atoms with Crippen LogP contribution < -0.4 is 0 Å². The van der Waals surface area contributed by atoms with Gasteiger partial charge in [-0.3, -0.25) is 4.79 Å². The fourth-order valence-electron chi connectivity index (χ4n) is 1.80. The van der Waals surface area contributed by atoms with Crippen molar-refractivity contribution in [2.75, 3.05) is 6.61 Å². The van der Waals surface area contributed by atoms with Crippen LogP contribution in [0.2, 0.25) is 10.0 Å². The molecule has 2 rings (SSSR count). The third kappa shape index (κ3) is 2.10. The summed E-state index contributed by atoms with van der Waals surface area (Å²) in [6.45, 7) is 2.53. The van der Waals surface area contributed by atoms with Gasteiger partial charge in [0, 0.05) is 10.6 Å². The lowest BCUT2D eigenvalue weighted by molar-refractivity contribution is 0.0862. The molecule has 4 heteroatoms. The Balaban J connectivity index is 2.28. The topological polar surface area (TPSA) is 29.6 Å². The summed E-state index contributed by atoms with van der Waals surface area (Å²) in [4.78, 5) is 12.2. The van der Waals surface area contributed by atoms with Crippen molar-refractivity contribution in [2.24, 2.45) is 0 Å².